The third kappa shape index (κ3) is 10.5. The van der Waals surface area contributed by atoms with Crippen LogP contribution in [0.5, 0.6) is 0 Å². The Bertz CT molecular complexity index is 1280. The maximum atomic E-state index is 13.7. The van der Waals surface area contributed by atoms with Crippen molar-refractivity contribution in [1.29, 1.82) is 0 Å². The first-order valence-corrected chi connectivity index (χ1v) is 14.8. The molecule has 13 nitrogen and oxygen atoms in total. The van der Waals surface area contributed by atoms with Crippen LogP contribution in [0.25, 0.3) is 11.4 Å². The van der Waals surface area contributed by atoms with Crippen LogP contribution < -0.4 is 10.6 Å². The fourth-order valence-corrected chi connectivity index (χ4v) is 4.59. The number of methoxy groups -OCH3 is 1. The number of nitrogens with one attached hydrogen (secondary N) is 2. The van der Waals surface area contributed by atoms with Crippen molar-refractivity contribution in [2.45, 2.75) is 65.1 Å². The summed E-state index contributed by atoms with van der Waals surface area (Å²) in [6.45, 7) is 10.7. The number of hydrogen-bond acceptors (Lipinski definition) is 10. The highest BCUT2D eigenvalue weighted by atomic mass is 16.6. The average molecular weight is 613 g/mol. The number of carbonyl (C=O) groups excluding carboxylic acids is 4. The monoisotopic (exact) mass is 612 g/mol. The fourth-order valence-electron chi connectivity index (χ4n) is 4.59. The van der Waals surface area contributed by atoms with Gasteiger partial charge in [-0.2, -0.15) is 0 Å². The van der Waals surface area contributed by atoms with Crippen LogP contribution in [0.2, 0.25) is 0 Å². The van der Waals surface area contributed by atoms with Crippen molar-refractivity contribution in [3.05, 3.63) is 42.1 Å². The number of ether oxygens (including phenoxy) is 3. The van der Waals surface area contributed by atoms with Gasteiger partial charge in [-0.3, -0.25) is 14.4 Å². The van der Waals surface area contributed by atoms with Crippen molar-refractivity contribution < 1.29 is 33.4 Å². The van der Waals surface area contributed by atoms with Crippen LogP contribution in [0.4, 0.5) is 10.6 Å². The van der Waals surface area contributed by atoms with Gasteiger partial charge in [0.25, 0.3) is 5.91 Å². The lowest BCUT2D eigenvalue weighted by Crippen LogP contribution is -2.56. The first kappa shape index (κ1) is 34.2. The highest BCUT2D eigenvalue weighted by Crippen LogP contribution is 2.19. The number of anilines is 1. The molecule has 13 heteroatoms. The number of hydrogen-bond donors (Lipinski definition) is 2. The number of benzene rings is 1. The molecule has 44 heavy (non-hydrogen) atoms. The van der Waals surface area contributed by atoms with E-state index in [1.165, 1.54) is 11.0 Å². The minimum Gasteiger partial charge on any atom is -0.460 e. The molecule has 240 valence electrons. The zero-order valence-electron chi connectivity index (χ0n) is 26.4. The molecule has 2 heterocycles. The first-order chi connectivity index (χ1) is 20.9. The molecule has 2 aromatic rings. The number of esters is 1. The Morgan fingerprint density at radius 1 is 1.00 bits per heavy atom. The van der Waals surface area contributed by atoms with Crippen LogP contribution in [0, 0.1) is 0 Å². The number of nitrogens with zero attached hydrogens (tertiary/aromatic N) is 4. The highest BCUT2D eigenvalue weighted by molar-refractivity contribution is 5.97. The van der Waals surface area contributed by atoms with Crippen molar-refractivity contribution in [1.82, 2.24) is 25.1 Å². The molecule has 0 saturated carbocycles. The smallest absolute Gasteiger partial charge is 0.409 e. The minimum atomic E-state index is -1.04. The largest absolute Gasteiger partial charge is 0.460 e. The molecule has 1 saturated heterocycles. The van der Waals surface area contributed by atoms with Crippen molar-refractivity contribution >= 4 is 29.7 Å². The standard InChI is InChI=1S/C31H44N6O7/c1-7-43-30(41)37-17-15-36(16-18-37)29(40)23(13-14-26(38)44-31(3,4)5)34-28(39)24-19-25(32-21(2)20-42-6)35-27(33-24)22-11-9-8-10-12-22/h8-12,19,21,23H,7,13-18,20H2,1-6H3,(H,34,39)(H,32,33,35)/t21-,23+/m1/s1. The molecule has 3 amide bonds. The molecule has 0 aliphatic carbocycles. The molecule has 0 bridgehead atoms. The molecule has 0 radical (unpaired) electrons. The van der Waals surface area contributed by atoms with Crippen LogP contribution in [0.3, 0.4) is 0 Å². The Morgan fingerprint density at radius 3 is 2.27 bits per heavy atom. The predicted molar refractivity (Wildman–Crippen MR) is 164 cm³/mol. The number of piperazine rings is 1. The zero-order valence-corrected chi connectivity index (χ0v) is 26.4. The lowest BCUT2D eigenvalue weighted by molar-refractivity contribution is -0.155. The quantitative estimate of drug-likeness (QED) is 0.342. The number of carbonyl (C=O) groups is 4. The van der Waals surface area contributed by atoms with Gasteiger partial charge in [0, 0.05) is 57.4 Å². The van der Waals surface area contributed by atoms with Crippen molar-refractivity contribution in [3.8, 4) is 11.4 Å². The predicted octanol–water partition coefficient (Wildman–Crippen LogP) is 3.11. The van der Waals surface area contributed by atoms with Gasteiger partial charge in [-0.25, -0.2) is 14.8 Å². The molecule has 1 aromatic carbocycles. The number of amides is 3. The van der Waals surface area contributed by atoms with Gasteiger partial charge in [0.2, 0.25) is 5.91 Å². The van der Waals surface area contributed by atoms with Gasteiger partial charge in [-0.1, -0.05) is 30.3 Å². The molecular weight excluding hydrogens is 568 g/mol. The van der Waals surface area contributed by atoms with E-state index in [-0.39, 0.29) is 50.2 Å². The van der Waals surface area contributed by atoms with Crippen LogP contribution in [0.15, 0.2) is 36.4 Å². The third-order valence-corrected chi connectivity index (χ3v) is 6.58. The third-order valence-electron chi connectivity index (χ3n) is 6.58. The van der Waals surface area contributed by atoms with E-state index in [0.29, 0.717) is 36.9 Å². The molecule has 0 unspecified atom stereocenters. The Balaban J connectivity index is 1.84. The van der Waals surface area contributed by atoms with Crippen molar-refractivity contribution in [2.24, 2.45) is 0 Å². The molecule has 3 rings (SSSR count). The summed E-state index contributed by atoms with van der Waals surface area (Å²) in [4.78, 5) is 64.2. The SMILES string of the molecule is CCOC(=O)N1CCN(C(=O)[C@H](CCC(=O)OC(C)(C)C)NC(=O)c2cc(N[C@H](C)COC)nc(-c3ccccc3)n2)CC1. The van der Waals surface area contributed by atoms with E-state index in [9.17, 15) is 19.2 Å². The summed E-state index contributed by atoms with van der Waals surface area (Å²) >= 11 is 0. The molecule has 2 N–H and O–H groups in total. The van der Waals surface area contributed by atoms with Crippen molar-refractivity contribution in [2.75, 3.05) is 51.8 Å². The molecular formula is C31H44N6O7. The second-order valence-corrected chi connectivity index (χ2v) is 11.5. The Hall–Kier alpha value is -4.26. The molecule has 1 aliphatic rings. The van der Waals surface area contributed by atoms with Crippen LogP contribution >= 0.6 is 0 Å². The molecule has 1 fully saturated rings. The summed E-state index contributed by atoms with van der Waals surface area (Å²) in [5.74, 6) is -0.699. The molecule has 0 spiro atoms. The highest BCUT2D eigenvalue weighted by Gasteiger charge is 2.32. The van der Waals surface area contributed by atoms with E-state index < -0.39 is 29.6 Å². The van der Waals surface area contributed by atoms with Gasteiger partial charge in [0.15, 0.2) is 5.82 Å². The van der Waals surface area contributed by atoms with E-state index in [1.54, 1.807) is 39.7 Å². The summed E-state index contributed by atoms with van der Waals surface area (Å²) < 4.78 is 15.7. The normalized spacial score (nSPS) is 14.8. The maximum Gasteiger partial charge on any atom is 0.409 e. The van der Waals surface area contributed by atoms with E-state index in [0.717, 1.165) is 0 Å². The van der Waals surface area contributed by atoms with Crippen LogP contribution in [-0.4, -0.2) is 108 Å². The van der Waals surface area contributed by atoms with Gasteiger partial charge in [-0.05, 0) is 41.0 Å². The first-order valence-electron chi connectivity index (χ1n) is 14.8. The Kier molecular flexibility index (Phi) is 12.4. The second-order valence-electron chi connectivity index (χ2n) is 11.5. The lowest BCUT2D eigenvalue weighted by atomic mass is 10.1. The number of aromatic nitrogens is 2. The van der Waals surface area contributed by atoms with E-state index in [4.69, 9.17) is 14.2 Å². The zero-order chi connectivity index (χ0) is 32.3. The van der Waals surface area contributed by atoms with Gasteiger partial charge < -0.3 is 34.6 Å². The Labute approximate surface area is 258 Å². The van der Waals surface area contributed by atoms with E-state index in [2.05, 4.69) is 20.6 Å². The van der Waals surface area contributed by atoms with Gasteiger partial charge in [-0.15, -0.1) is 0 Å². The van der Waals surface area contributed by atoms with Gasteiger partial charge in [0.05, 0.1) is 13.2 Å². The topological polar surface area (TPSA) is 152 Å². The molecule has 1 aliphatic heterocycles. The minimum absolute atomic E-state index is 0.0180. The summed E-state index contributed by atoms with van der Waals surface area (Å²) in [5.41, 5.74) is 0.0660. The van der Waals surface area contributed by atoms with Crippen LogP contribution in [0.1, 0.15) is 57.9 Å². The Morgan fingerprint density at radius 2 is 1.66 bits per heavy atom. The summed E-state index contributed by atoms with van der Waals surface area (Å²) in [6, 6.07) is 9.60. The lowest BCUT2D eigenvalue weighted by Gasteiger charge is -2.36. The van der Waals surface area contributed by atoms with E-state index in [1.807, 2.05) is 37.3 Å². The summed E-state index contributed by atoms with van der Waals surface area (Å²) in [6.07, 6.45) is -0.502. The molecule has 2 atom stereocenters. The summed E-state index contributed by atoms with van der Waals surface area (Å²) in [7, 11) is 1.59. The van der Waals surface area contributed by atoms with Gasteiger partial charge in [0.1, 0.15) is 23.2 Å². The summed E-state index contributed by atoms with van der Waals surface area (Å²) in [5, 5.41) is 6.03. The fraction of sp³-hybridized carbons (Fsp3) is 0.548. The second kappa shape index (κ2) is 16.0. The van der Waals surface area contributed by atoms with Crippen LogP contribution in [-0.2, 0) is 23.8 Å². The van der Waals surface area contributed by atoms with Crippen molar-refractivity contribution in [3.63, 3.8) is 0 Å². The van der Waals surface area contributed by atoms with E-state index >= 15 is 0 Å². The maximum absolute atomic E-state index is 13.7. The average Bonchev–Trinajstić information content (AvgIpc) is 2.98. The molecule has 1 aromatic heterocycles. The van der Waals surface area contributed by atoms with Gasteiger partial charge >= 0.3 is 12.1 Å². The number of rotatable bonds is 12.